The van der Waals surface area contributed by atoms with Gasteiger partial charge in [0.15, 0.2) is 5.17 Å². The van der Waals surface area contributed by atoms with Gasteiger partial charge in [-0.25, -0.2) is 4.99 Å². The van der Waals surface area contributed by atoms with Crippen molar-refractivity contribution in [1.82, 2.24) is 9.80 Å². The molecule has 2 aromatic rings. The lowest BCUT2D eigenvalue weighted by Crippen LogP contribution is -2.45. The highest BCUT2D eigenvalue weighted by molar-refractivity contribution is 8.13. The van der Waals surface area contributed by atoms with E-state index in [0.717, 1.165) is 40.7 Å². The standard InChI is InChI=1S/C26H29ClN4O2S/c1-4-30(5-2)25(33)22-17(3)28-26-31(15-6-16-34-26)23(22)18-9-13-21(14-10-18)29-24(32)19-7-11-20(27)12-8-19/h7-14,23H,4-6,15-16H2,1-3H3,(H,29,32). The van der Waals surface area contributed by atoms with E-state index >= 15 is 0 Å². The number of amidine groups is 1. The molecule has 0 bridgehead atoms. The molecule has 1 saturated heterocycles. The molecular formula is C26H29ClN4O2S. The largest absolute Gasteiger partial charge is 0.340 e. The second-order valence-electron chi connectivity index (χ2n) is 8.25. The van der Waals surface area contributed by atoms with Crippen molar-refractivity contribution in [3.63, 3.8) is 0 Å². The average Bonchev–Trinajstić information content (AvgIpc) is 2.84. The monoisotopic (exact) mass is 496 g/mol. The summed E-state index contributed by atoms with van der Waals surface area (Å²) in [6, 6.07) is 14.3. The Morgan fingerprint density at radius 2 is 1.79 bits per heavy atom. The summed E-state index contributed by atoms with van der Waals surface area (Å²) in [5, 5.41) is 4.50. The molecule has 1 N–H and O–H groups in total. The SMILES string of the molecule is CCN(CC)C(=O)C1=C(C)N=C2SCCCN2C1c1ccc(NC(=O)c2ccc(Cl)cc2)cc1. The van der Waals surface area contributed by atoms with Crippen LogP contribution >= 0.6 is 23.4 Å². The van der Waals surface area contributed by atoms with Crippen molar-refractivity contribution < 1.29 is 9.59 Å². The van der Waals surface area contributed by atoms with E-state index in [9.17, 15) is 9.59 Å². The first-order chi connectivity index (χ1) is 16.4. The number of carbonyl (C=O) groups excluding carboxylic acids is 2. The maximum Gasteiger partial charge on any atom is 0.255 e. The highest BCUT2D eigenvalue weighted by Crippen LogP contribution is 2.40. The Bertz CT molecular complexity index is 1120. The smallest absolute Gasteiger partial charge is 0.255 e. The van der Waals surface area contributed by atoms with Crippen LogP contribution in [0.2, 0.25) is 5.02 Å². The topological polar surface area (TPSA) is 65.0 Å². The van der Waals surface area contributed by atoms with E-state index in [2.05, 4.69) is 10.2 Å². The number of carbonyl (C=O) groups is 2. The van der Waals surface area contributed by atoms with Gasteiger partial charge in [-0.2, -0.15) is 0 Å². The predicted octanol–water partition coefficient (Wildman–Crippen LogP) is 5.58. The number of nitrogens with zero attached hydrogens (tertiary/aromatic N) is 3. The van der Waals surface area contributed by atoms with Crippen LogP contribution in [0.25, 0.3) is 0 Å². The number of hydrogen-bond acceptors (Lipinski definition) is 5. The highest BCUT2D eigenvalue weighted by atomic mass is 35.5. The fourth-order valence-electron chi connectivity index (χ4n) is 4.32. The Morgan fingerprint density at radius 1 is 1.12 bits per heavy atom. The van der Waals surface area contributed by atoms with Gasteiger partial charge in [-0.05, 0) is 69.2 Å². The van der Waals surface area contributed by atoms with E-state index in [1.807, 2.05) is 49.9 Å². The molecule has 0 radical (unpaired) electrons. The molecule has 0 aliphatic carbocycles. The van der Waals surface area contributed by atoms with Gasteiger partial charge in [-0.3, -0.25) is 9.59 Å². The number of anilines is 1. The molecule has 0 aromatic heterocycles. The minimum atomic E-state index is -0.200. The molecule has 4 rings (SSSR count). The minimum Gasteiger partial charge on any atom is -0.340 e. The molecule has 1 atom stereocenters. The minimum absolute atomic E-state index is 0.0333. The lowest BCUT2D eigenvalue weighted by molar-refractivity contribution is -0.127. The van der Waals surface area contributed by atoms with Crippen LogP contribution in [-0.4, -0.2) is 52.2 Å². The maximum atomic E-state index is 13.5. The number of benzene rings is 2. The van der Waals surface area contributed by atoms with Crippen molar-refractivity contribution in [2.45, 2.75) is 33.2 Å². The second kappa shape index (κ2) is 10.7. The third kappa shape index (κ3) is 5.00. The van der Waals surface area contributed by atoms with E-state index < -0.39 is 0 Å². The second-order valence-corrected chi connectivity index (χ2v) is 9.75. The first-order valence-electron chi connectivity index (χ1n) is 11.6. The Labute approximate surface area is 210 Å². The van der Waals surface area contributed by atoms with Crippen molar-refractivity contribution in [1.29, 1.82) is 0 Å². The zero-order chi connectivity index (χ0) is 24.2. The number of thioether (sulfide) groups is 1. The third-order valence-corrected chi connectivity index (χ3v) is 7.46. The number of amides is 2. The van der Waals surface area contributed by atoms with Crippen LogP contribution in [0.15, 0.2) is 64.8 Å². The van der Waals surface area contributed by atoms with Crippen LogP contribution in [0, 0.1) is 0 Å². The van der Waals surface area contributed by atoms with Gasteiger partial charge >= 0.3 is 0 Å². The van der Waals surface area contributed by atoms with Gasteiger partial charge in [-0.1, -0.05) is 35.5 Å². The predicted molar refractivity (Wildman–Crippen MR) is 140 cm³/mol. The number of nitrogens with one attached hydrogen (secondary N) is 1. The van der Waals surface area contributed by atoms with E-state index in [0.29, 0.717) is 29.4 Å². The zero-order valence-corrected chi connectivity index (χ0v) is 21.2. The van der Waals surface area contributed by atoms with Gasteiger partial charge in [-0.15, -0.1) is 0 Å². The summed E-state index contributed by atoms with van der Waals surface area (Å²) in [4.78, 5) is 35.0. The van der Waals surface area contributed by atoms with Crippen LogP contribution in [-0.2, 0) is 4.79 Å². The molecule has 2 aromatic carbocycles. The van der Waals surface area contributed by atoms with Crippen LogP contribution in [0.4, 0.5) is 5.69 Å². The van der Waals surface area contributed by atoms with Gasteiger partial charge < -0.3 is 15.1 Å². The highest BCUT2D eigenvalue weighted by Gasteiger charge is 2.38. The normalized spacial score (nSPS) is 17.7. The van der Waals surface area contributed by atoms with Gasteiger partial charge in [0.1, 0.15) is 0 Å². The fourth-order valence-corrected chi connectivity index (χ4v) is 5.47. The first kappa shape index (κ1) is 24.4. The molecule has 8 heteroatoms. The summed E-state index contributed by atoms with van der Waals surface area (Å²) >= 11 is 7.67. The molecule has 2 aliphatic rings. The molecule has 1 fully saturated rings. The number of hydrogen-bond donors (Lipinski definition) is 1. The van der Waals surface area contributed by atoms with Crippen molar-refractivity contribution in [2.75, 3.05) is 30.7 Å². The van der Waals surface area contributed by atoms with E-state index in [1.54, 1.807) is 36.0 Å². The van der Waals surface area contributed by atoms with Gasteiger partial charge in [0.25, 0.3) is 11.8 Å². The summed E-state index contributed by atoms with van der Waals surface area (Å²) < 4.78 is 0. The lowest BCUT2D eigenvalue weighted by atomic mass is 9.93. The van der Waals surface area contributed by atoms with Crippen LogP contribution in [0.5, 0.6) is 0 Å². The van der Waals surface area contributed by atoms with Crippen molar-refractivity contribution in [2.24, 2.45) is 4.99 Å². The molecule has 34 heavy (non-hydrogen) atoms. The van der Waals surface area contributed by atoms with Gasteiger partial charge in [0.2, 0.25) is 0 Å². The van der Waals surface area contributed by atoms with E-state index in [1.165, 1.54) is 0 Å². The molecule has 0 spiro atoms. The Balaban J connectivity index is 1.63. The summed E-state index contributed by atoms with van der Waals surface area (Å²) in [5.41, 5.74) is 3.75. The molecule has 178 valence electrons. The molecule has 2 amide bonds. The van der Waals surface area contributed by atoms with Crippen LogP contribution in [0.1, 0.15) is 49.2 Å². The quantitative estimate of drug-likeness (QED) is 0.566. The summed E-state index contributed by atoms with van der Waals surface area (Å²) in [6.45, 7) is 8.09. The molecule has 6 nitrogen and oxygen atoms in total. The maximum absolute atomic E-state index is 13.5. The van der Waals surface area contributed by atoms with Crippen molar-refractivity contribution in [3.05, 3.63) is 76.0 Å². The summed E-state index contributed by atoms with van der Waals surface area (Å²) in [6.07, 6.45) is 1.04. The van der Waals surface area contributed by atoms with Gasteiger partial charge in [0.05, 0.1) is 17.3 Å². The van der Waals surface area contributed by atoms with Crippen LogP contribution in [0.3, 0.4) is 0 Å². The summed E-state index contributed by atoms with van der Waals surface area (Å²) in [7, 11) is 0. The average molecular weight is 497 g/mol. The first-order valence-corrected chi connectivity index (χ1v) is 12.9. The number of fused-ring (bicyclic) bond motifs is 1. The van der Waals surface area contributed by atoms with Crippen molar-refractivity contribution >= 4 is 46.0 Å². The zero-order valence-electron chi connectivity index (χ0n) is 19.7. The number of likely N-dealkylation sites (N-methyl/N-ethyl adjacent to an activating group) is 1. The van der Waals surface area contributed by atoms with Crippen molar-refractivity contribution in [3.8, 4) is 0 Å². The number of halogens is 1. The lowest BCUT2D eigenvalue weighted by Gasteiger charge is -2.41. The van der Waals surface area contributed by atoms with E-state index in [-0.39, 0.29) is 17.9 Å². The van der Waals surface area contributed by atoms with Gasteiger partial charge in [0, 0.05) is 41.7 Å². The summed E-state index contributed by atoms with van der Waals surface area (Å²) in [5.74, 6) is 0.868. The Morgan fingerprint density at radius 3 is 2.44 bits per heavy atom. The molecular weight excluding hydrogens is 468 g/mol. The third-order valence-electron chi connectivity index (χ3n) is 6.13. The molecule has 2 aliphatic heterocycles. The molecule has 1 unspecified atom stereocenters. The fraction of sp³-hybridized carbons (Fsp3) is 0.346. The van der Waals surface area contributed by atoms with E-state index in [4.69, 9.17) is 16.6 Å². The number of aliphatic imine (C=N–C) groups is 1. The number of rotatable bonds is 6. The molecule has 2 heterocycles. The Kier molecular flexibility index (Phi) is 7.63. The Hall–Kier alpha value is -2.77. The number of allylic oxidation sites excluding steroid dienone is 1. The molecule has 0 saturated carbocycles. The van der Waals surface area contributed by atoms with Crippen LogP contribution < -0.4 is 5.32 Å².